The summed E-state index contributed by atoms with van der Waals surface area (Å²) >= 11 is 0. The molecule has 0 aromatic rings. The highest BCUT2D eigenvalue weighted by Gasteiger charge is 1.94. The Balaban J connectivity index is 3.08. The van der Waals surface area contributed by atoms with Gasteiger partial charge >= 0.3 is 0 Å². The number of hydrogen-bond donors (Lipinski definition) is 4. The molecule has 0 bridgehead atoms. The molecule has 5 heteroatoms. The van der Waals surface area contributed by atoms with E-state index in [4.69, 9.17) is 11.1 Å². The quantitative estimate of drug-likeness (QED) is 0.244. The van der Waals surface area contributed by atoms with Gasteiger partial charge in [0.1, 0.15) is 0 Å². The average Bonchev–Trinajstić information content (AvgIpc) is 2.10. The second kappa shape index (κ2) is 7.54. The van der Waals surface area contributed by atoms with Gasteiger partial charge in [-0.25, -0.2) is 0 Å². The number of amidine groups is 1. The molecule has 76 valence electrons. The zero-order valence-corrected chi connectivity index (χ0v) is 8.02. The third-order valence-corrected chi connectivity index (χ3v) is 1.52. The highest BCUT2D eigenvalue weighted by Crippen LogP contribution is 1.74. The van der Waals surface area contributed by atoms with Crippen molar-refractivity contribution in [3.63, 3.8) is 0 Å². The smallest absolute Gasteiger partial charge is 0.219 e. The largest absolute Gasteiger partial charge is 0.388 e. The summed E-state index contributed by atoms with van der Waals surface area (Å²) in [5, 5.41) is 12.7. The van der Waals surface area contributed by atoms with E-state index in [2.05, 4.69) is 10.6 Å². The van der Waals surface area contributed by atoms with Crippen LogP contribution in [0.15, 0.2) is 0 Å². The summed E-state index contributed by atoms with van der Waals surface area (Å²) in [6.07, 6.45) is 1.08. The van der Waals surface area contributed by atoms with E-state index in [-0.39, 0.29) is 11.7 Å². The van der Waals surface area contributed by atoms with Gasteiger partial charge in [-0.3, -0.25) is 10.2 Å². The van der Waals surface area contributed by atoms with Crippen molar-refractivity contribution in [3.05, 3.63) is 0 Å². The van der Waals surface area contributed by atoms with Crippen molar-refractivity contribution in [2.45, 2.75) is 19.8 Å². The fourth-order valence-electron chi connectivity index (χ4n) is 0.763. The summed E-state index contributed by atoms with van der Waals surface area (Å²) in [5.74, 6) is 0.249. The number of carbonyl (C=O) groups is 1. The van der Waals surface area contributed by atoms with Gasteiger partial charge in [0, 0.05) is 32.5 Å². The summed E-state index contributed by atoms with van der Waals surface area (Å²) in [6, 6.07) is 0. The SMILES string of the molecule is CCC(=O)NCCNCCC(=N)N. The minimum atomic E-state index is 0.0633. The first-order valence-corrected chi connectivity index (χ1v) is 4.47. The molecule has 0 aromatic heterocycles. The van der Waals surface area contributed by atoms with E-state index in [1.165, 1.54) is 0 Å². The van der Waals surface area contributed by atoms with Crippen LogP contribution in [0.2, 0.25) is 0 Å². The maximum absolute atomic E-state index is 10.8. The van der Waals surface area contributed by atoms with Gasteiger partial charge < -0.3 is 16.4 Å². The van der Waals surface area contributed by atoms with Crippen molar-refractivity contribution in [1.82, 2.24) is 10.6 Å². The molecule has 0 saturated heterocycles. The molecular formula is C8H18N4O. The van der Waals surface area contributed by atoms with Crippen LogP contribution in [0.5, 0.6) is 0 Å². The zero-order chi connectivity index (χ0) is 10.1. The molecule has 0 aromatic carbocycles. The first-order valence-electron chi connectivity index (χ1n) is 4.47. The van der Waals surface area contributed by atoms with Crippen LogP contribution in [-0.2, 0) is 4.79 Å². The Bertz CT molecular complexity index is 170. The van der Waals surface area contributed by atoms with Gasteiger partial charge in [0.25, 0.3) is 0 Å². The van der Waals surface area contributed by atoms with Crippen LogP contribution in [0.25, 0.3) is 0 Å². The Morgan fingerprint density at radius 2 is 2.08 bits per heavy atom. The number of hydrogen-bond acceptors (Lipinski definition) is 3. The number of nitrogens with two attached hydrogens (primary N) is 1. The van der Waals surface area contributed by atoms with Crippen LogP contribution in [-0.4, -0.2) is 31.4 Å². The van der Waals surface area contributed by atoms with Gasteiger partial charge in [0.15, 0.2) is 0 Å². The Kier molecular flexibility index (Phi) is 6.91. The monoisotopic (exact) mass is 186 g/mol. The highest BCUT2D eigenvalue weighted by atomic mass is 16.1. The van der Waals surface area contributed by atoms with Crippen molar-refractivity contribution in [3.8, 4) is 0 Å². The van der Waals surface area contributed by atoms with Gasteiger partial charge in [-0.1, -0.05) is 6.92 Å². The molecular weight excluding hydrogens is 168 g/mol. The van der Waals surface area contributed by atoms with E-state index < -0.39 is 0 Å². The molecule has 13 heavy (non-hydrogen) atoms. The van der Waals surface area contributed by atoms with E-state index in [1.807, 2.05) is 6.92 Å². The Labute approximate surface area is 78.6 Å². The first kappa shape index (κ1) is 11.9. The lowest BCUT2D eigenvalue weighted by molar-refractivity contribution is -0.120. The number of nitrogens with one attached hydrogen (secondary N) is 3. The third-order valence-electron chi connectivity index (χ3n) is 1.52. The molecule has 0 saturated carbocycles. The molecule has 0 aliphatic rings. The lowest BCUT2D eigenvalue weighted by Gasteiger charge is -2.04. The summed E-state index contributed by atoms with van der Waals surface area (Å²) < 4.78 is 0. The van der Waals surface area contributed by atoms with Gasteiger partial charge in [0.2, 0.25) is 5.91 Å². The standard InChI is InChI=1S/C8H18N4O/c1-2-8(13)12-6-5-11-4-3-7(9)10/h11H,2-6H2,1H3,(H3,9,10)(H,12,13). The number of carbonyl (C=O) groups excluding carboxylic acids is 1. The Hall–Kier alpha value is -1.10. The highest BCUT2D eigenvalue weighted by molar-refractivity contribution is 5.77. The van der Waals surface area contributed by atoms with Crippen LogP contribution < -0.4 is 16.4 Å². The molecule has 0 unspecified atom stereocenters. The molecule has 5 nitrogen and oxygen atoms in total. The fourth-order valence-corrected chi connectivity index (χ4v) is 0.763. The summed E-state index contributed by atoms with van der Waals surface area (Å²) in [6.45, 7) is 3.86. The number of rotatable bonds is 7. The molecule has 0 heterocycles. The first-order chi connectivity index (χ1) is 6.16. The molecule has 0 radical (unpaired) electrons. The van der Waals surface area contributed by atoms with Crippen molar-refractivity contribution in [2.75, 3.05) is 19.6 Å². The topological polar surface area (TPSA) is 91.0 Å². The van der Waals surface area contributed by atoms with Crippen molar-refractivity contribution in [1.29, 1.82) is 5.41 Å². The fraction of sp³-hybridized carbons (Fsp3) is 0.750. The maximum atomic E-state index is 10.8. The van der Waals surface area contributed by atoms with E-state index in [9.17, 15) is 4.79 Å². The normalized spacial score (nSPS) is 9.62. The molecule has 0 aliphatic carbocycles. The van der Waals surface area contributed by atoms with Crippen LogP contribution in [0.4, 0.5) is 0 Å². The summed E-state index contributed by atoms with van der Waals surface area (Å²) in [7, 11) is 0. The van der Waals surface area contributed by atoms with Crippen LogP contribution in [0, 0.1) is 5.41 Å². The lowest BCUT2D eigenvalue weighted by atomic mass is 10.4. The van der Waals surface area contributed by atoms with Crippen molar-refractivity contribution >= 4 is 11.7 Å². The van der Waals surface area contributed by atoms with Crippen molar-refractivity contribution in [2.24, 2.45) is 5.73 Å². The van der Waals surface area contributed by atoms with Crippen LogP contribution in [0.3, 0.4) is 0 Å². The Morgan fingerprint density at radius 1 is 1.38 bits per heavy atom. The van der Waals surface area contributed by atoms with E-state index in [0.29, 0.717) is 25.9 Å². The molecule has 0 spiro atoms. The lowest BCUT2D eigenvalue weighted by Crippen LogP contribution is -2.32. The zero-order valence-electron chi connectivity index (χ0n) is 8.02. The van der Waals surface area contributed by atoms with E-state index in [0.717, 1.165) is 6.54 Å². The second-order valence-electron chi connectivity index (χ2n) is 2.73. The molecule has 0 atom stereocenters. The van der Waals surface area contributed by atoms with E-state index in [1.54, 1.807) is 0 Å². The van der Waals surface area contributed by atoms with Gasteiger partial charge in [-0.2, -0.15) is 0 Å². The van der Waals surface area contributed by atoms with Crippen LogP contribution >= 0.6 is 0 Å². The van der Waals surface area contributed by atoms with E-state index >= 15 is 0 Å². The molecule has 1 amide bonds. The predicted molar refractivity (Wildman–Crippen MR) is 52.7 cm³/mol. The Morgan fingerprint density at radius 3 is 2.62 bits per heavy atom. The van der Waals surface area contributed by atoms with Gasteiger partial charge in [0.05, 0.1) is 5.84 Å². The van der Waals surface area contributed by atoms with Crippen molar-refractivity contribution < 1.29 is 4.79 Å². The minimum absolute atomic E-state index is 0.0633. The molecule has 0 aliphatic heterocycles. The third kappa shape index (κ3) is 8.81. The summed E-state index contributed by atoms with van der Waals surface area (Å²) in [4.78, 5) is 10.8. The van der Waals surface area contributed by atoms with Gasteiger partial charge in [-0.05, 0) is 0 Å². The molecule has 0 fully saturated rings. The van der Waals surface area contributed by atoms with Gasteiger partial charge in [-0.15, -0.1) is 0 Å². The number of amides is 1. The molecule has 0 rings (SSSR count). The second-order valence-corrected chi connectivity index (χ2v) is 2.73. The average molecular weight is 186 g/mol. The minimum Gasteiger partial charge on any atom is -0.388 e. The maximum Gasteiger partial charge on any atom is 0.219 e. The molecule has 5 N–H and O–H groups in total. The van der Waals surface area contributed by atoms with Crippen LogP contribution in [0.1, 0.15) is 19.8 Å². The summed E-state index contributed by atoms with van der Waals surface area (Å²) in [5.41, 5.74) is 5.15. The predicted octanol–water partition coefficient (Wildman–Crippen LogP) is -0.572.